The van der Waals surface area contributed by atoms with Gasteiger partial charge >= 0.3 is 0 Å². The van der Waals surface area contributed by atoms with E-state index in [9.17, 15) is 9.59 Å². The summed E-state index contributed by atoms with van der Waals surface area (Å²) in [4.78, 5) is 23.7. The summed E-state index contributed by atoms with van der Waals surface area (Å²) in [5.74, 6) is 2.38. The van der Waals surface area contributed by atoms with Crippen LogP contribution in [-0.4, -0.2) is 24.8 Å². The largest absolute Gasteiger partial charge is 0.484 e. The fourth-order valence-electron chi connectivity index (χ4n) is 1.82. The molecule has 23 heavy (non-hydrogen) atoms. The number of carbonyl (C=O) groups excluding carboxylic acids is 2. The Morgan fingerprint density at radius 1 is 1.04 bits per heavy atom. The van der Waals surface area contributed by atoms with Crippen LogP contribution in [0.3, 0.4) is 0 Å². The minimum Gasteiger partial charge on any atom is -0.484 e. The Bertz CT molecular complexity index is 730. The van der Waals surface area contributed by atoms with Crippen molar-refractivity contribution in [1.82, 2.24) is 5.32 Å². The van der Waals surface area contributed by atoms with Crippen LogP contribution < -0.4 is 10.1 Å². The number of amides is 1. The zero-order chi connectivity index (χ0) is 16.7. The molecule has 2 aromatic rings. The van der Waals surface area contributed by atoms with Gasteiger partial charge in [-0.15, -0.1) is 6.42 Å². The topological polar surface area (TPSA) is 55.4 Å². The van der Waals surface area contributed by atoms with Gasteiger partial charge in [-0.25, -0.2) is 0 Å². The molecule has 116 valence electrons. The van der Waals surface area contributed by atoms with Crippen LogP contribution in [0.2, 0.25) is 5.02 Å². The predicted molar refractivity (Wildman–Crippen MR) is 88.7 cm³/mol. The fraction of sp³-hybridized carbons (Fsp3) is 0.111. The highest BCUT2D eigenvalue weighted by Crippen LogP contribution is 2.17. The summed E-state index contributed by atoms with van der Waals surface area (Å²) in [7, 11) is 0. The summed E-state index contributed by atoms with van der Waals surface area (Å²) in [5.41, 5.74) is 1.08. The molecule has 0 aliphatic carbocycles. The number of rotatable bonds is 6. The van der Waals surface area contributed by atoms with Gasteiger partial charge in [0.05, 0.1) is 6.54 Å². The van der Waals surface area contributed by atoms with Crippen molar-refractivity contribution in [2.24, 2.45) is 0 Å². The van der Waals surface area contributed by atoms with Crippen LogP contribution in [0.25, 0.3) is 0 Å². The van der Waals surface area contributed by atoms with Crippen LogP contribution >= 0.6 is 11.6 Å². The van der Waals surface area contributed by atoms with E-state index in [-0.39, 0.29) is 24.8 Å². The Balaban J connectivity index is 1.96. The number of benzene rings is 2. The van der Waals surface area contributed by atoms with Gasteiger partial charge in [0.2, 0.25) is 0 Å². The molecule has 2 aromatic carbocycles. The zero-order valence-electron chi connectivity index (χ0n) is 12.2. The first-order valence-corrected chi connectivity index (χ1v) is 7.21. The van der Waals surface area contributed by atoms with Crippen LogP contribution in [0.15, 0.2) is 48.5 Å². The summed E-state index contributed by atoms with van der Waals surface area (Å²) in [6.07, 6.45) is 5.04. The van der Waals surface area contributed by atoms with Crippen molar-refractivity contribution in [3.8, 4) is 18.1 Å². The lowest BCUT2D eigenvalue weighted by molar-refractivity contribution is -0.122. The molecule has 1 N–H and O–H groups in total. The first kappa shape index (κ1) is 16.6. The molecular weight excluding hydrogens is 314 g/mol. The van der Waals surface area contributed by atoms with Gasteiger partial charge in [-0.3, -0.25) is 9.59 Å². The Morgan fingerprint density at radius 2 is 1.61 bits per heavy atom. The first-order valence-electron chi connectivity index (χ1n) is 6.83. The summed E-state index contributed by atoms with van der Waals surface area (Å²) in [6, 6.07) is 13.2. The Labute approximate surface area is 139 Å². The molecule has 0 saturated heterocycles. The molecule has 0 fully saturated rings. The highest BCUT2D eigenvalue weighted by Gasteiger charge is 2.09. The normalized spacial score (nSPS) is 9.74. The van der Waals surface area contributed by atoms with Gasteiger partial charge in [-0.2, -0.15) is 0 Å². The van der Waals surface area contributed by atoms with E-state index in [1.54, 1.807) is 48.5 Å². The summed E-state index contributed by atoms with van der Waals surface area (Å²) >= 11 is 5.80. The number of hydrogen-bond donors (Lipinski definition) is 1. The first-order chi connectivity index (χ1) is 11.1. The number of ketones is 1. The quantitative estimate of drug-likeness (QED) is 0.655. The highest BCUT2D eigenvalue weighted by atomic mass is 35.5. The van der Waals surface area contributed by atoms with E-state index in [1.807, 2.05) is 0 Å². The molecule has 2 rings (SSSR count). The van der Waals surface area contributed by atoms with Crippen molar-refractivity contribution in [2.75, 3.05) is 13.2 Å². The van der Waals surface area contributed by atoms with Crippen molar-refractivity contribution in [1.29, 1.82) is 0 Å². The Hall–Kier alpha value is -2.77. The Morgan fingerprint density at radius 3 is 2.17 bits per heavy atom. The van der Waals surface area contributed by atoms with Crippen molar-refractivity contribution in [3.05, 3.63) is 64.7 Å². The third-order valence-corrected chi connectivity index (χ3v) is 3.23. The average molecular weight is 328 g/mol. The number of hydrogen-bond acceptors (Lipinski definition) is 3. The van der Waals surface area contributed by atoms with Gasteiger partial charge in [0.1, 0.15) is 5.75 Å². The molecule has 1 amide bonds. The van der Waals surface area contributed by atoms with Crippen LogP contribution in [0, 0.1) is 12.3 Å². The Kier molecular flexibility index (Phi) is 5.79. The molecule has 0 saturated carbocycles. The lowest BCUT2D eigenvalue weighted by Crippen LogP contribution is -2.29. The highest BCUT2D eigenvalue weighted by molar-refractivity contribution is 6.30. The third kappa shape index (κ3) is 4.87. The molecule has 0 bridgehead atoms. The SMILES string of the molecule is C#CCNC(=O)COc1ccc(C(=O)c2ccc(Cl)cc2)cc1. The third-order valence-electron chi connectivity index (χ3n) is 2.98. The van der Waals surface area contributed by atoms with Crippen LogP contribution in [-0.2, 0) is 4.79 Å². The zero-order valence-corrected chi connectivity index (χ0v) is 13.0. The summed E-state index contributed by atoms with van der Waals surface area (Å²) in [5, 5.41) is 3.07. The van der Waals surface area contributed by atoms with Crippen LogP contribution in [0.5, 0.6) is 5.75 Å². The second-order valence-electron chi connectivity index (χ2n) is 4.63. The molecule has 5 heteroatoms. The maximum Gasteiger partial charge on any atom is 0.258 e. The molecule has 0 unspecified atom stereocenters. The molecule has 0 heterocycles. The second kappa shape index (κ2) is 8.02. The lowest BCUT2D eigenvalue weighted by Gasteiger charge is -2.07. The predicted octanol–water partition coefficient (Wildman–Crippen LogP) is 2.70. The molecule has 0 aliphatic rings. The standard InChI is InChI=1S/C18H14ClNO3/c1-2-11-20-17(21)12-23-16-9-5-14(6-10-16)18(22)13-3-7-15(19)8-4-13/h1,3-10H,11-12H2,(H,20,21). The monoisotopic (exact) mass is 327 g/mol. The average Bonchev–Trinajstić information content (AvgIpc) is 2.58. The smallest absolute Gasteiger partial charge is 0.258 e. The van der Waals surface area contributed by atoms with Gasteiger partial charge in [-0.1, -0.05) is 17.5 Å². The lowest BCUT2D eigenvalue weighted by atomic mass is 10.0. The van der Waals surface area contributed by atoms with Crippen molar-refractivity contribution >= 4 is 23.3 Å². The van der Waals surface area contributed by atoms with Gasteiger partial charge in [0.25, 0.3) is 5.91 Å². The van der Waals surface area contributed by atoms with Gasteiger partial charge in [0.15, 0.2) is 12.4 Å². The number of carbonyl (C=O) groups is 2. The van der Waals surface area contributed by atoms with E-state index in [2.05, 4.69) is 11.2 Å². The molecule has 0 atom stereocenters. The van der Waals surface area contributed by atoms with E-state index in [0.717, 1.165) is 0 Å². The molecule has 0 aliphatic heterocycles. The number of nitrogens with one attached hydrogen (secondary N) is 1. The fourth-order valence-corrected chi connectivity index (χ4v) is 1.95. The molecule has 0 aromatic heterocycles. The number of terminal acetylenes is 1. The molecular formula is C18H14ClNO3. The number of ether oxygens (including phenoxy) is 1. The molecule has 0 spiro atoms. The minimum atomic E-state index is -0.302. The van der Waals surface area contributed by atoms with E-state index in [1.165, 1.54) is 0 Å². The van der Waals surface area contributed by atoms with E-state index < -0.39 is 0 Å². The number of halogens is 1. The summed E-state index contributed by atoms with van der Waals surface area (Å²) < 4.78 is 5.31. The van der Waals surface area contributed by atoms with Gasteiger partial charge < -0.3 is 10.1 Å². The van der Waals surface area contributed by atoms with E-state index >= 15 is 0 Å². The maximum absolute atomic E-state index is 12.3. The van der Waals surface area contributed by atoms with E-state index in [0.29, 0.717) is 21.9 Å². The van der Waals surface area contributed by atoms with Crippen molar-refractivity contribution in [2.45, 2.75) is 0 Å². The van der Waals surface area contributed by atoms with Crippen LogP contribution in [0.4, 0.5) is 0 Å². The van der Waals surface area contributed by atoms with E-state index in [4.69, 9.17) is 22.8 Å². The maximum atomic E-state index is 12.3. The van der Waals surface area contributed by atoms with Crippen molar-refractivity contribution < 1.29 is 14.3 Å². The minimum absolute atomic E-state index is 0.111. The molecule has 4 nitrogen and oxygen atoms in total. The van der Waals surface area contributed by atoms with Gasteiger partial charge in [-0.05, 0) is 48.5 Å². The van der Waals surface area contributed by atoms with Crippen LogP contribution in [0.1, 0.15) is 15.9 Å². The second-order valence-corrected chi connectivity index (χ2v) is 5.07. The van der Waals surface area contributed by atoms with Crippen molar-refractivity contribution in [3.63, 3.8) is 0 Å². The van der Waals surface area contributed by atoms with Gasteiger partial charge in [0, 0.05) is 16.1 Å². The summed E-state index contributed by atoms with van der Waals surface area (Å²) in [6.45, 7) is 0.0306. The molecule has 0 radical (unpaired) electrons.